The van der Waals surface area contributed by atoms with Gasteiger partial charge in [0, 0.05) is 18.2 Å². The van der Waals surface area contributed by atoms with Crippen molar-refractivity contribution in [3.63, 3.8) is 0 Å². The topological polar surface area (TPSA) is 31.6 Å². The first-order chi connectivity index (χ1) is 14.5. The summed E-state index contributed by atoms with van der Waals surface area (Å²) in [4.78, 5) is 0. The van der Waals surface area contributed by atoms with Gasteiger partial charge in [-0.05, 0) is 50.5 Å². The molecule has 2 aromatic rings. The van der Waals surface area contributed by atoms with Crippen LogP contribution < -0.4 is 4.74 Å². The predicted molar refractivity (Wildman–Crippen MR) is 122 cm³/mol. The summed E-state index contributed by atoms with van der Waals surface area (Å²) in [7, 11) is 0. The molecule has 3 nitrogen and oxygen atoms in total. The molecule has 0 saturated heterocycles. The van der Waals surface area contributed by atoms with Crippen molar-refractivity contribution in [3.05, 3.63) is 78.6 Å². The van der Waals surface area contributed by atoms with E-state index in [1.165, 1.54) is 0 Å². The summed E-state index contributed by atoms with van der Waals surface area (Å²) < 4.78 is 18.7. The zero-order valence-electron chi connectivity index (χ0n) is 18.1. The van der Waals surface area contributed by atoms with Crippen molar-refractivity contribution in [2.75, 3.05) is 13.2 Å². The van der Waals surface area contributed by atoms with Crippen molar-refractivity contribution in [3.8, 4) is 39.3 Å². The molecule has 30 heavy (non-hydrogen) atoms. The van der Waals surface area contributed by atoms with Gasteiger partial charge in [0.1, 0.15) is 22.9 Å². The van der Waals surface area contributed by atoms with Crippen molar-refractivity contribution in [1.29, 1.82) is 0 Å². The summed E-state index contributed by atoms with van der Waals surface area (Å²) in [5.74, 6) is 2.40. The van der Waals surface area contributed by atoms with E-state index >= 15 is 0 Å². The molecule has 0 amide bonds. The Hall–Kier alpha value is -3.04. The van der Waals surface area contributed by atoms with E-state index in [1.807, 2.05) is 58.0 Å². The minimum Gasteiger partial charge on any atom is -0.493 e. The number of fused-ring (bicyclic) bond motifs is 1. The summed E-state index contributed by atoms with van der Waals surface area (Å²) in [6.45, 7) is 9.24. The van der Waals surface area contributed by atoms with Crippen LogP contribution in [0.4, 0.5) is 0 Å². The lowest BCUT2D eigenvalue weighted by atomic mass is 9.99. The largest absolute Gasteiger partial charge is 0.493 e. The lowest BCUT2D eigenvalue weighted by Gasteiger charge is -2.25. The second kappa shape index (κ2) is 8.37. The van der Waals surface area contributed by atoms with Gasteiger partial charge in [0.2, 0.25) is 0 Å². The van der Waals surface area contributed by atoms with Crippen LogP contribution in [0.25, 0.3) is 33.6 Å². The Labute approximate surface area is 178 Å². The van der Waals surface area contributed by atoms with E-state index in [-0.39, 0.29) is 0 Å². The molecule has 1 aliphatic carbocycles. The third kappa shape index (κ3) is 3.73. The fourth-order valence-electron chi connectivity index (χ4n) is 3.90. The Bertz CT molecular complexity index is 1080. The van der Waals surface area contributed by atoms with Crippen LogP contribution >= 0.6 is 0 Å². The van der Waals surface area contributed by atoms with Crippen LogP contribution in [-0.4, -0.2) is 13.2 Å². The molecule has 0 aromatic heterocycles. The third-order valence-electron chi connectivity index (χ3n) is 5.32. The van der Waals surface area contributed by atoms with Crippen molar-refractivity contribution in [2.45, 2.75) is 33.3 Å². The standard InChI is InChI=1S/C27H28O3/c1-5-28-23-18-24(27(3,4)29-6-2)30-26-22(20-15-11-8-12-16-20)17-21(25(23)26)19-13-9-7-10-14-19/h7-18H,5-6H2,1-4H3. The van der Waals surface area contributed by atoms with Crippen LogP contribution in [0.3, 0.4) is 0 Å². The predicted octanol–water partition coefficient (Wildman–Crippen LogP) is 7.39. The fourth-order valence-corrected chi connectivity index (χ4v) is 3.90. The highest BCUT2D eigenvalue weighted by molar-refractivity contribution is 5.98. The molecule has 0 atom stereocenters. The molecule has 0 radical (unpaired) electrons. The first-order valence-corrected chi connectivity index (χ1v) is 10.5. The lowest BCUT2D eigenvalue weighted by Crippen LogP contribution is -2.22. The molecule has 0 bridgehead atoms. The van der Waals surface area contributed by atoms with E-state index in [4.69, 9.17) is 13.9 Å². The molecule has 1 aliphatic heterocycles. The maximum absolute atomic E-state index is 6.55. The second-order valence-corrected chi connectivity index (χ2v) is 7.76. The molecule has 1 heterocycles. The van der Waals surface area contributed by atoms with Crippen LogP contribution in [0.2, 0.25) is 0 Å². The lowest BCUT2D eigenvalue weighted by molar-refractivity contribution is -0.0304. The monoisotopic (exact) mass is 400 g/mol. The molecule has 0 spiro atoms. The summed E-state index contributed by atoms with van der Waals surface area (Å²) in [6.07, 6.45) is 0. The van der Waals surface area contributed by atoms with Crippen LogP contribution in [0.5, 0.6) is 5.75 Å². The average Bonchev–Trinajstić information content (AvgIpc) is 3.15. The molecule has 2 aromatic carbocycles. The smallest absolute Gasteiger partial charge is 0.146 e. The third-order valence-corrected chi connectivity index (χ3v) is 5.32. The van der Waals surface area contributed by atoms with Gasteiger partial charge in [-0.1, -0.05) is 60.7 Å². The fraction of sp³-hybridized carbons (Fsp3) is 0.259. The minimum atomic E-state index is -0.563. The Morgan fingerprint density at radius 3 is 1.93 bits per heavy atom. The van der Waals surface area contributed by atoms with Crippen LogP contribution in [0, 0.1) is 0 Å². The average molecular weight is 401 g/mol. The highest BCUT2D eigenvalue weighted by Crippen LogP contribution is 2.50. The first-order valence-electron chi connectivity index (χ1n) is 10.5. The second-order valence-electron chi connectivity index (χ2n) is 7.76. The molecule has 4 rings (SSSR count). The molecular weight excluding hydrogens is 372 g/mol. The first kappa shape index (κ1) is 20.2. The molecule has 3 heteroatoms. The van der Waals surface area contributed by atoms with Crippen LogP contribution in [0.15, 0.2) is 77.2 Å². The summed E-state index contributed by atoms with van der Waals surface area (Å²) in [5, 5.41) is 0. The van der Waals surface area contributed by atoms with Crippen LogP contribution in [0.1, 0.15) is 33.5 Å². The van der Waals surface area contributed by atoms with Gasteiger partial charge >= 0.3 is 0 Å². The summed E-state index contributed by atoms with van der Waals surface area (Å²) >= 11 is 0. The molecule has 0 N–H and O–H groups in total. The van der Waals surface area contributed by atoms with E-state index in [0.717, 1.165) is 45.1 Å². The molecule has 0 saturated carbocycles. The van der Waals surface area contributed by atoms with Crippen molar-refractivity contribution in [2.24, 2.45) is 0 Å². The quantitative estimate of drug-likeness (QED) is 0.324. The molecule has 2 aliphatic rings. The zero-order chi connectivity index (χ0) is 21.1. The van der Waals surface area contributed by atoms with Crippen molar-refractivity contribution >= 4 is 0 Å². The molecule has 0 fully saturated rings. The highest BCUT2D eigenvalue weighted by Gasteiger charge is 2.31. The Balaban J connectivity index is 2.03. The van der Waals surface area contributed by atoms with Gasteiger partial charge in [-0.2, -0.15) is 0 Å². The number of hydrogen-bond donors (Lipinski definition) is 0. The molecule has 154 valence electrons. The minimum absolute atomic E-state index is 0.563. The Kier molecular flexibility index (Phi) is 5.65. The number of ether oxygens (including phenoxy) is 2. The van der Waals surface area contributed by atoms with Gasteiger partial charge in [-0.25, -0.2) is 0 Å². The maximum atomic E-state index is 6.55. The van der Waals surface area contributed by atoms with E-state index in [2.05, 4.69) is 42.5 Å². The summed E-state index contributed by atoms with van der Waals surface area (Å²) in [6, 6.07) is 24.9. The zero-order valence-corrected chi connectivity index (χ0v) is 18.1. The Morgan fingerprint density at radius 1 is 0.767 bits per heavy atom. The summed E-state index contributed by atoms with van der Waals surface area (Å²) in [5.41, 5.74) is 4.85. The van der Waals surface area contributed by atoms with E-state index < -0.39 is 5.60 Å². The van der Waals surface area contributed by atoms with Crippen molar-refractivity contribution < 1.29 is 13.9 Å². The van der Waals surface area contributed by atoms with Gasteiger partial charge in [-0.15, -0.1) is 0 Å². The number of hydrogen-bond acceptors (Lipinski definition) is 3. The van der Waals surface area contributed by atoms with Gasteiger partial charge in [0.05, 0.1) is 12.2 Å². The van der Waals surface area contributed by atoms with E-state index in [0.29, 0.717) is 13.2 Å². The SMILES string of the molecule is CCOc1cc(C(C)(C)OCC)oc2c(-c3ccccc3)cc(-c3ccccc3)c1-2. The Morgan fingerprint density at radius 2 is 1.37 bits per heavy atom. The van der Waals surface area contributed by atoms with E-state index in [9.17, 15) is 0 Å². The van der Waals surface area contributed by atoms with Gasteiger partial charge in [0.25, 0.3) is 0 Å². The molecular formula is C27H28O3. The van der Waals surface area contributed by atoms with Crippen molar-refractivity contribution in [1.82, 2.24) is 0 Å². The molecule has 0 unspecified atom stereocenters. The van der Waals surface area contributed by atoms with Gasteiger partial charge in [-0.3, -0.25) is 0 Å². The van der Waals surface area contributed by atoms with Crippen LogP contribution in [-0.2, 0) is 10.3 Å². The van der Waals surface area contributed by atoms with Gasteiger partial charge in [0.15, 0.2) is 0 Å². The highest BCUT2D eigenvalue weighted by atomic mass is 16.5. The normalized spacial score (nSPS) is 11.7. The maximum Gasteiger partial charge on any atom is 0.146 e. The number of rotatable bonds is 7. The van der Waals surface area contributed by atoms with Gasteiger partial charge < -0.3 is 13.9 Å². The van der Waals surface area contributed by atoms with E-state index in [1.54, 1.807) is 0 Å². The number of benzene rings is 2.